The van der Waals surface area contributed by atoms with Gasteiger partial charge in [-0.1, -0.05) is 13.8 Å². The minimum absolute atomic E-state index is 0.115. The van der Waals surface area contributed by atoms with Crippen molar-refractivity contribution in [3.05, 3.63) is 23.9 Å². The van der Waals surface area contributed by atoms with Gasteiger partial charge in [-0.3, -0.25) is 0 Å². The van der Waals surface area contributed by atoms with Gasteiger partial charge in [-0.15, -0.1) is 0 Å². The summed E-state index contributed by atoms with van der Waals surface area (Å²) >= 11 is 0. The van der Waals surface area contributed by atoms with Gasteiger partial charge in [-0.05, 0) is 18.6 Å². The second kappa shape index (κ2) is 3.76. The van der Waals surface area contributed by atoms with E-state index < -0.39 is 0 Å². The molecule has 2 rings (SSSR count). The quantitative estimate of drug-likeness (QED) is 0.788. The van der Waals surface area contributed by atoms with Crippen molar-refractivity contribution in [3.8, 4) is 6.07 Å². The molecule has 2 N–H and O–H groups in total. The summed E-state index contributed by atoms with van der Waals surface area (Å²) in [4.78, 5) is 4.15. The molecule has 0 radical (unpaired) electrons. The molecule has 0 bridgehead atoms. The Morgan fingerprint density at radius 1 is 1.56 bits per heavy atom. The Morgan fingerprint density at radius 2 is 2.31 bits per heavy atom. The van der Waals surface area contributed by atoms with Crippen LogP contribution in [0, 0.1) is 16.7 Å². The molecule has 84 valence electrons. The van der Waals surface area contributed by atoms with Crippen molar-refractivity contribution in [3.63, 3.8) is 0 Å². The average molecular weight is 217 g/mol. The summed E-state index contributed by atoms with van der Waals surface area (Å²) < 4.78 is 0. The van der Waals surface area contributed by atoms with Crippen LogP contribution in [0.15, 0.2) is 18.3 Å². The Bertz CT molecular complexity index is 419. The van der Waals surface area contributed by atoms with Crippen LogP contribution in [0.1, 0.15) is 25.8 Å². The standard InChI is InChI=1S/C12H15N3O/c1-12(2)9(5-10(12)16)15-11-4-3-8(6-13)7-14-11/h3-4,7,9-10,16H,5H2,1-2H3,(H,14,15). The van der Waals surface area contributed by atoms with E-state index in [0.29, 0.717) is 5.56 Å². The first-order chi connectivity index (χ1) is 7.54. The van der Waals surface area contributed by atoms with Crippen LogP contribution in [0.3, 0.4) is 0 Å². The summed E-state index contributed by atoms with van der Waals surface area (Å²) in [6.07, 6.45) is 2.04. The van der Waals surface area contributed by atoms with Gasteiger partial charge in [-0.25, -0.2) is 4.98 Å². The zero-order valence-electron chi connectivity index (χ0n) is 9.44. The molecule has 1 saturated carbocycles. The molecule has 1 aromatic heterocycles. The van der Waals surface area contributed by atoms with E-state index in [9.17, 15) is 5.11 Å². The molecule has 1 heterocycles. The molecule has 1 aliphatic carbocycles. The lowest BCUT2D eigenvalue weighted by atomic mass is 9.64. The number of aliphatic hydroxyl groups is 1. The highest BCUT2D eigenvalue weighted by Gasteiger charge is 2.47. The Hall–Kier alpha value is -1.60. The van der Waals surface area contributed by atoms with Crippen molar-refractivity contribution in [2.45, 2.75) is 32.4 Å². The molecule has 0 saturated heterocycles. The van der Waals surface area contributed by atoms with E-state index >= 15 is 0 Å². The van der Waals surface area contributed by atoms with Crippen LogP contribution in [0.4, 0.5) is 5.82 Å². The molecule has 2 atom stereocenters. The highest BCUT2D eigenvalue weighted by Crippen LogP contribution is 2.41. The fourth-order valence-corrected chi connectivity index (χ4v) is 1.87. The van der Waals surface area contributed by atoms with Crippen LogP contribution in [0.5, 0.6) is 0 Å². The second-order valence-corrected chi connectivity index (χ2v) is 4.81. The molecule has 1 fully saturated rings. The Balaban J connectivity index is 2.03. The first-order valence-electron chi connectivity index (χ1n) is 5.35. The lowest BCUT2D eigenvalue weighted by Gasteiger charge is -2.49. The van der Waals surface area contributed by atoms with Gasteiger partial charge in [-0.2, -0.15) is 5.26 Å². The highest BCUT2D eigenvalue weighted by molar-refractivity contribution is 5.41. The number of hydrogen-bond acceptors (Lipinski definition) is 4. The minimum Gasteiger partial charge on any atom is -0.392 e. The normalized spacial score (nSPS) is 26.6. The summed E-state index contributed by atoms with van der Waals surface area (Å²) in [7, 11) is 0. The fourth-order valence-electron chi connectivity index (χ4n) is 1.87. The molecular formula is C12H15N3O. The van der Waals surface area contributed by atoms with Gasteiger partial charge < -0.3 is 10.4 Å². The van der Waals surface area contributed by atoms with E-state index in [1.807, 2.05) is 19.9 Å². The molecule has 1 aliphatic rings. The average Bonchev–Trinajstić information content (AvgIpc) is 2.29. The predicted molar refractivity (Wildman–Crippen MR) is 60.8 cm³/mol. The predicted octanol–water partition coefficient (Wildman–Crippen LogP) is 1.52. The van der Waals surface area contributed by atoms with Crippen molar-refractivity contribution >= 4 is 5.82 Å². The van der Waals surface area contributed by atoms with Crippen molar-refractivity contribution in [2.75, 3.05) is 5.32 Å². The molecule has 16 heavy (non-hydrogen) atoms. The van der Waals surface area contributed by atoms with Crippen molar-refractivity contribution in [2.24, 2.45) is 5.41 Å². The molecule has 1 aromatic rings. The first kappa shape index (κ1) is 10.9. The maximum absolute atomic E-state index is 9.60. The molecule has 2 unspecified atom stereocenters. The fraction of sp³-hybridized carbons (Fsp3) is 0.500. The number of rotatable bonds is 2. The molecule has 0 aromatic carbocycles. The van der Waals surface area contributed by atoms with Gasteiger partial charge in [0.05, 0.1) is 11.7 Å². The zero-order chi connectivity index (χ0) is 11.8. The summed E-state index contributed by atoms with van der Waals surface area (Å²) in [6.45, 7) is 4.06. The third-order valence-corrected chi connectivity index (χ3v) is 3.43. The van der Waals surface area contributed by atoms with Gasteiger partial charge in [0.1, 0.15) is 11.9 Å². The Labute approximate surface area is 94.9 Å². The minimum atomic E-state index is -0.247. The van der Waals surface area contributed by atoms with E-state index in [4.69, 9.17) is 5.26 Å². The molecule has 0 amide bonds. The van der Waals surface area contributed by atoms with Crippen LogP contribution in [-0.4, -0.2) is 22.2 Å². The van der Waals surface area contributed by atoms with Gasteiger partial charge in [0.15, 0.2) is 0 Å². The number of anilines is 1. The molecule has 0 spiro atoms. The molecule has 4 heteroatoms. The van der Waals surface area contributed by atoms with Gasteiger partial charge >= 0.3 is 0 Å². The van der Waals surface area contributed by atoms with E-state index in [1.165, 1.54) is 0 Å². The highest BCUT2D eigenvalue weighted by atomic mass is 16.3. The molecular weight excluding hydrogens is 202 g/mol. The number of pyridine rings is 1. The van der Waals surface area contributed by atoms with Crippen LogP contribution in [0.2, 0.25) is 0 Å². The van der Waals surface area contributed by atoms with Gasteiger partial charge in [0.25, 0.3) is 0 Å². The maximum Gasteiger partial charge on any atom is 0.126 e. The first-order valence-corrected chi connectivity index (χ1v) is 5.35. The maximum atomic E-state index is 9.60. The second-order valence-electron chi connectivity index (χ2n) is 4.81. The summed E-state index contributed by atoms with van der Waals surface area (Å²) in [6, 6.07) is 5.79. The van der Waals surface area contributed by atoms with E-state index in [-0.39, 0.29) is 17.6 Å². The van der Waals surface area contributed by atoms with Gasteiger partial charge in [0.2, 0.25) is 0 Å². The number of nitriles is 1. The van der Waals surface area contributed by atoms with Gasteiger partial charge in [0, 0.05) is 17.7 Å². The largest absolute Gasteiger partial charge is 0.392 e. The Morgan fingerprint density at radius 3 is 2.75 bits per heavy atom. The van der Waals surface area contributed by atoms with E-state index in [0.717, 1.165) is 12.2 Å². The van der Waals surface area contributed by atoms with Crippen LogP contribution < -0.4 is 5.32 Å². The molecule has 0 aliphatic heterocycles. The molecule has 4 nitrogen and oxygen atoms in total. The van der Waals surface area contributed by atoms with Crippen molar-refractivity contribution < 1.29 is 5.11 Å². The zero-order valence-corrected chi connectivity index (χ0v) is 9.44. The van der Waals surface area contributed by atoms with Crippen LogP contribution >= 0.6 is 0 Å². The monoisotopic (exact) mass is 217 g/mol. The summed E-state index contributed by atoms with van der Waals surface area (Å²) in [5.41, 5.74) is 0.439. The lowest BCUT2D eigenvalue weighted by Crippen LogP contribution is -2.57. The number of aromatic nitrogens is 1. The van der Waals surface area contributed by atoms with Crippen molar-refractivity contribution in [1.29, 1.82) is 5.26 Å². The number of nitrogens with zero attached hydrogens (tertiary/aromatic N) is 2. The van der Waals surface area contributed by atoms with Crippen molar-refractivity contribution in [1.82, 2.24) is 4.98 Å². The van der Waals surface area contributed by atoms with Crippen LogP contribution in [0.25, 0.3) is 0 Å². The SMILES string of the molecule is CC1(C)C(O)CC1Nc1ccc(C#N)cn1. The number of nitrogens with one attached hydrogen (secondary N) is 1. The lowest BCUT2D eigenvalue weighted by molar-refractivity contribution is -0.0511. The van der Waals surface area contributed by atoms with E-state index in [1.54, 1.807) is 18.3 Å². The Kier molecular flexibility index (Phi) is 2.56. The van der Waals surface area contributed by atoms with E-state index in [2.05, 4.69) is 10.3 Å². The third-order valence-electron chi connectivity index (χ3n) is 3.43. The number of hydrogen-bond donors (Lipinski definition) is 2. The third kappa shape index (κ3) is 1.74. The smallest absolute Gasteiger partial charge is 0.126 e. The van der Waals surface area contributed by atoms with Crippen LogP contribution in [-0.2, 0) is 0 Å². The summed E-state index contributed by atoms with van der Waals surface area (Å²) in [5, 5.41) is 21.5. The number of aliphatic hydroxyl groups excluding tert-OH is 1. The summed E-state index contributed by atoms with van der Waals surface area (Å²) in [5.74, 6) is 0.754. The topological polar surface area (TPSA) is 68.9 Å².